The van der Waals surface area contributed by atoms with Crippen LogP contribution in [0.2, 0.25) is 0 Å². The first-order valence-electron chi connectivity index (χ1n) is 7.30. The van der Waals surface area contributed by atoms with Gasteiger partial charge >= 0.3 is 0 Å². The van der Waals surface area contributed by atoms with E-state index in [0.29, 0.717) is 17.6 Å². The van der Waals surface area contributed by atoms with E-state index in [2.05, 4.69) is 5.38 Å². The molecule has 1 aromatic heterocycles. The summed E-state index contributed by atoms with van der Waals surface area (Å²) in [6, 6.07) is 0. The summed E-state index contributed by atoms with van der Waals surface area (Å²) in [4.78, 5) is 16.2. The summed E-state index contributed by atoms with van der Waals surface area (Å²) in [5.41, 5.74) is 1.34. The average molecular weight is 263 g/mol. The topological polar surface area (TPSA) is 30.0 Å². The highest BCUT2D eigenvalue weighted by atomic mass is 32.1. The van der Waals surface area contributed by atoms with Gasteiger partial charge in [-0.25, -0.2) is 4.98 Å². The smallest absolute Gasteiger partial charge is 0.132 e. The SMILES string of the molecule is O=C1CCC(c2nc(C3CCCCC3)cs2)CC1. The Balaban J connectivity index is 1.67. The number of aromatic nitrogens is 1. The molecular weight excluding hydrogens is 242 g/mol. The minimum Gasteiger partial charge on any atom is -0.300 e. The van der Waals surface area contributed by atoms with Gasteiger partial charge in [-0.1, -0.05) is 19.3 Å². The summed E-state index contributed by atoms with van der Waals surface area (Å²) in [6.07, 6.45) is 10.4. The first kappa shape index (κ1) is 12.3. The van der Waals surface area contributed by atoms with Crippen LogP contribution in [0.15, 0.2) is 5.38 Å². The maximum Gasteiger partial charge on any atom is 0.132 e. The van der Waals surface area contributed by atoms with Gasteiger partial charge in [-0.05, 0) is 25.7 Å². The Bertz CT molecular complexity index is 410. The van der Waals surface area contributed by atoms with Gasteiger partial charge in [0.2, 0.25) is 0 Å². The number of ketones is 1. The number of carbonyl (C=O) groups excluding carboxylic acids is 1. The molecule has 2 aliphatic carbocycles. The number of nitrogens with zero attached hydrogens (tertiary/aromatic N) is 1. The quantitative estimate of drug-likeness (QED) is 0.790. The van der Waals surface area contributed by atoms with Gasteiger partial charge in [-0.2, -0.15) is 0 Å². The van der Waals surface area contributed by atoms with Crippen molar-refractivity contribution in [3.63, 3.8) is 0 Å². The molecule has 2 aliphatic rings. The van der Waals surface area contributed by atoms with E-state index in [0.717, 1.165) is 25.7 Å². The van der Waals surface area contributed by atoms with Gasteiger partial charge in [0.15, 0.2) is 0 Å². The Labute approximate surface area is 113 Å². The van der Waals surface area contributed by atoms with Crippen LogP contribution in [0, 0.1) is 0 Å². The van der Waals surface area contributed by atoms with Gasteiger partial charge in [0.25, 0.3) is 0 Å². The second kappa shape index (κ2) is 5.52. The molecule has 0 unspecified atom stereocenters. The lowest BCUT2D eigenvalue weighted by Crippen LogP contribution is -2.12. The zero-order valence-electron chi connectivity index (χ0n) is 10.9. The first-order valence-corrected chi connectivity index (χ1v) is 8.18. The molecule has 0 bridgehead atoms. The van der Waals surface area contributed by atoms with Gasteiger partial charge in [0, 0.05) is 30.1 Å². The van der Waals surface area contributed by atoms with Gasteiger partial charge in [-0.3, -0.25) is 4.79 Å². The highest BCUT2D eigenvalue weighted by Gasteiger charge is 2.24. The van der Waals surface area contributed by atoms with Gasteiger partial charge in [0.05, 0.1) is 10.7 Å². The molecule has 0 atom stereocenters. The van der Waals surface area contributed by atoms with Crippen molar-refractivity contribution in [2.45, 2.75) is 69.6 Å². The minimum absolute atomic E-state index is 0.440. The fourth-order valence-corrected chi connectivity index (χ4v) is 4.33. The third kappa shape index (κ3) is 2.66. The molecule has 98 valence electrons. The molecule has 0 aromatic carbocycles. The lowest BCUT2D eigenvalue weighted by Gasteiger charge is -2.20. The normalized spacial score (nSPS) is 23.4. The standard InChI is InChI=1S/C15H21NOS/c17-13-8-6-12(7-9-13)15-16-14(10-18-15)11-4-2-1-3-5-11/h10-12H,1-9H2. The van der Waals surface area contributed by atoms with Crippen LogP contribution in [0.1, 0.15) is 80.3 Å². The summed E-state index contributed by atoms with van der Waals surface area (Å²) >= 11 is 1.83. The van der Waals surface area contributed by atoms with Crippen LogP contribution in [0.3, 0.4) is 0 Å². The highest BCUT2D eigenvalue weighted by molar-refractivity contribution is 7.09. The first-order chi connectivity index (χ1) is 8.83. The zero-order chi connectivity index (χ0) is 12.4. The summed E-state index contributed by atoms with van der Waals surface area (Å²) in [7, 11) is 0. The van der Waals surface area contributed by atoms with E-state index >= 15 is 0 Å². The van der Waals surface area contributed by atoms with Gasteiger partial charge in [-0.15, -0.1) is 11.3 Å². The van der Waals surface area contributed by atoms with Gasteiger partial charge < -0.3 is 0 Å². The third-order valence-corrected chi connectivity index (χ3v) is 5.48. The molecule has 2 nitrogen and oxygen atoms in total. The maximum atomic E-state index is 11.3. The van der Waals surface area contributed by atoms with Crippen molar-refractivity contribution in [3.05, 3.63) is 16.1 Å². The number of thiazole rings is 1. The number of Topliss-reactive ketones (excluding diaryl/α,β-unsaturated/α-hetero) is 1. The molecule has 0 radical (unpaired) electrons. The molecular formula is C15H21NOS. The van der Waals surface area contributed by atoms with Gasteiger partial charge in [0.1, 0.15) is 5.78 Å². The van der Waals surface area contributed by atoms with E-state index in [1.807, 2.05) is 11.3 Å². The maximum absolute atomic E-state index is 11.3. The number of hydrogen-bond acceptors (Lipinski definition) is 3. The van der Waals surface area contributed by atoms with E-state index < -0.39 is 0 Å². The molecule has 0 N–H and O–H groups in total. The largest absolute Gasteiger partial charge is 0.300 e. The predicted octanol–water partition coefficient (Wildman–Crippen LogP) is 4.42. The van der Waals surface area contributed by atoms with Crippen LogP contribution in [0.4, 0.5) is 0 Å². The van der Waals surface area contributed by atoms with Crippen LogP contribution in [-0.2, 0) is 4.79 Å². The van der Waals surface area contributed by atoms with Crippen LogP contribution in [-0.4, -0.2) is 10.8 Å². The lowest BCUT2D eigenvalue weighted by atomic mass is 9.87. The predicted molar refractivity (Wildman–Crippen MR) is 74.2 cm³/mol. The van der Waals surface area contributed by atoms with Crippen molar-refractivity contribution in [1.29, 1.82) is 0 Å². The summed E-state index contributed by atoms with van der Waals surface area (Å²) in [5.74, 6) is 1.72. The van der Waals surface area contributed by atoms with E-state index in [-0.39, 0.29) is 0 Å². The summed E-state index contributed by atoms with van der Waals surface area (Å²) < 4.78 is 0. The molecule has 3 heteroatoms. The van der Waals surface area contributed by atoms with Crippen LogP contribution in [0.25, 0.3) is 0 Å². The van der Waals surface area contributed by atoms with E-state index in [4.69, 9.17) is 4.98 Å². The van der Waals surface area contributed by atoms with Crippen molar-refractivity contribution in [2.75, 3.05) is 0 Å². The van der Waals surface area contributed by atoms with Crippen LogP contribution < -0.4 is 0 Å². The van der Waals surface area contributed by atoms with E-state index in [9.17, 15) is 4.79 Å². The van der Waals surface area contributed by atoms with Crippen molar-refractivity contribution >= 4 is 17.1 Å². The fraction of sp³-hybridized carbons (Fsp3) is 0.733. The number of hydrogen-bond donors (Lipinski definition) is 0. The Morgan fingerprint density at radius 1 is 1.00 bits per heavy atom. The zero-order valence-corrected chi connectivity index (χ0v) is 11.7. The summed E-state index contributed by atoms with van der Waals surface area (Å²) in [6.45, 7) is 0. The molecule has 1 heterocycles. The Morgan fingerprint density at radius 2 is 1.72 bits per heavy atom. The summed E-state index contributed by atoms with van der Waals surface area (Å²) in [5, 5.41) is 3.57. The third-order valence-electron chi connectivity index (χ3n) is 4.46. The van der Waals surface area contributed by atoms with E-state index in [1.165, 1.54) is 42.8 Å². The lowest BCUT2D eigenvalue weighted by molar-refractivity contribution is -0.120. The van der Waals surface area contributed by atoms with Crippen LogP contribution >= 0.6 is 11.3 Å². The molecule has 2 saturated carbocycles. The van der Waals surface area contributed by atoms with E-state index in [1.54, 1.807) is 0 Å². The molecule has 1 aromatic rings. The van der Waals surface area contributed by atoms with Crippen molar-refractivity contribution in [2.24, 2.45) is 0 Å². The molecule has 3 rings (SSSR count). The molecule has 2 fully saturated rings. The average Bonchev–Trinajstić information content (AvgIpc) is 2.90. The molecule has 0 amide bonds. The number of rotatable bonds is 2. The Morgan fingerprint density at radius 3 is 2.44 bits per heavy atom. The molecule has 0 aliphatic heterocycles. The Kier molecular flexibility index (Phi) is 3.78. The van der Waals surface area contributed by atoms with Crippen molar-refractivity contribution < 1.29 is 4.79 Å². The molecule has 0 spiro atoms. The molecule has 18 heavy (non-hydrogen) atoms. The Hall–Kier alpha value is -0.700. The highest BCUT2D eigenvalue weighted by Crippen LogP contribution is 2.37. The second-order valence-electron chi connectivity index (χ2n) is 5.76. The monoisotopic (exact) mass is 263 g/mol. The fourth-order valence-electron chi connectivity index (χ4n) is 3.26. The van der Waals surface area contributed by atoms with Crippen LogP contribution in [0.5, 0.6) is 0 Å². The van der Waals surface area contributed by atoms with Crippen molar-refractivity contribution in [3.8, 4) is 0 Å². The minimum atomic E-state index is 0.440. The molecule has 0 saturated heterocycles. The van der Waals surface area contributed by atoms with Crippen molar-refractivity contribution in [1.82, 2.24) is 4.98 Å². The number of carbonyl (C=O) groups is 1. The second-order valence-corrected chi connectivity index (χ2v) is 6.65.